The standard InChI is InChI=1S/C10H8Br2O3/c1-2-6(13)3-4-7-9(12)8(5-11)15-10(7)14/h1,5-6,13H,3-4H2/b8-5+. The highest BCUT2D eigenvalue weighted by molar-refractivity contribution is 9.12. The van der Waals surface area contributed by atoms with Crippen LogP contribution in [0.15, 0.2) is 20.8 Å². The quantitative estimate of drug-likeness (QED) is 0.635. The molecule has 3 nitrogen and oxygen atoms in total. The summed E-state index contributed by atoms with van der Waals surface area (Å²) in [6.45, 7) is 0. The van der Waals surface area contributed by atoms with Crippen molar-refractivity contribution >= 4 is 37.8 Å². The van der Waals surface area contributed by atoms with E-state index in [4.69, 9.17) is 16.3 Å². The number of halogens is 2. The Bertz CT molecular complexity index is 377. The number of cyclic esters (lactones) is 1. The molecular weight excluding hydrogens is 328 g/mol. The molecule has 0 radical (unpaired) electrons. The van der Waals surface area contributed by atoms with Crippen LogP contribution >= 0.6 is 31.9 Å². The number of hydrogen-bond acceptors (Lipinski definition) is 3. The molecule has 0 aromatic rings. The van der Waals surface area contributed by atoms with Crippen LogP contribution in [0.2, 0.25) is 0 Å². The molecule has 0 aromatic carbocycles. The van der Waals surface area contributed by atoms with E-state index < -0.39 is 12.1 Å². The predicted octanol–water partition coefficient (Wildman–Crippen LogP) is 2.20. The lowest BCUT2D eigenvalue weighted by Gasteiger charge is -2.01. The summed E-state index contributed by atoms with van der Waals surface area (Å²) in [5.41, 5.74) is 0.495. The second-order valence-electron chi connectivity index (χ2n) is 2.88. The lowest BCUT2D eigenvalue weighted by molar-refractivity contribution is -0.133. The van der Waals surface area contributed by atoms with Gasteiger partial charge in [-0.2, -0.15) is 0 Å². The molecule has 1 atom stereocenters. The number of rotatable bonds is 3. The largest absolute Gasteiger partial charge is 0.421 e. The van der Waals surface area contributed by atoms with Crippen LogP contribution in [-0.4, -0.2) is 17.2 Å². The molecular formula is C10H8Br2O3. The Morgan fingerprint density at radius 3 is 2.80 bits per heavy atom. The van der Waals surface area contributed by atoms with E-state index in [-0.39, 0.29) is 0 Å². The summed E-state index contributed by atoms with van der Waals surface area (Å²) in [5, 5.41) is 9.16. The molecule has 15 heavy (non-hydrogen) atoms. The number of aliphatic hydroxyl groups is 1. The number of esters is 1. The van der Waals surface area contributed by atoms with Gasteiger partial charge in [0.2, 0.25) is 0 Å². The van der Waals surface area contributed by atoms with Crippen LogP contribution in [0.1, 0.15) is 12.8 Å². The Labute approximate surface area is 104 Å². The second kappa shape index (κ2) is 5.50. The van der Waals surface area contributed by atoms with Crippen molar-refractivity contribution in [1.82, 2.24) is 0 Å². The van der Waals surface area contributed by atoms with Crippen molar-refractivity contribution in [3.63, 3.8) is 0 Å². The Morgan fingerprint density at radius 1 is 1.67 bits per heavy atom. The SMILES string of the molecule is C#CC(O)CCC1=C(Br)/C(=C\Br)OC1=O. The summed E-state index contributed by atoms with van der Waals surface area (Å²) in [4.78, 5) is 12.9. The molecule has 80 valence electrons. The fraction of sp³-hybridized carbons (Fsp3) is 0.300. The van der Waals surface area contributed by atoms with E-state index in [1.165, 1.54) is 4.99 Å². The van der Waals surface area contributed by atoms with E-state index in [9.17, 15) is 4.79 Å². The summed E-state index contributed by atoms with van der Waals surface area (Å²) in [7, 11) is 0. The number of terminal acetylenes is 1. The van der Waals surface area contributed by atoms with Gasteiger partial charge in [0.05, 0.1) is 10.1 Å². The maximum absolute atomic E-state index is 11.3. The van der Waals surface area contributed by atoms with Gasteiger partial charge in [-0.1, -0.05) is 21.9 Å². The van der Waals surface area contributed by atoms with Gasteiger partial charge in [-0.15, -0.1) is 6.42 Å². The van der Waals surface area contributed by atoms with E-state index >= 15 is 0 Å². The maximum atomic E-state index is 11.3. The van der Waals surface area contributed by atoms with Crippen molar-refractivity contribution in [2.24, 2.45) is 0 Å². The lowest BCUT2D eigenvalue weighted by Crippen LogP contribution is -2.06. The van der Waals surface area contributed by atoms with E-state index in [0.717, 1.165) is 0 Å². The molecule has 0 saturated heterocycles. The average Bonchev–Trinajstić information content (AvgIpc) is 2.51. The molecule has 0 spiro atoms. The number of aliphatic hydroxyl groups excluding tert-OH is 1. The zero-order valence-electron chi connectivity index (χ0n) is 7.67. The van der Waals surface area contributed by atoms with Crippen molar-refractivity contribution in [2.45, 2.75) is 18.9 Å². The van der Waals surface area contributed by atoms with Gasteiger partial charge in [-0.25, -0.2) is 4.79 Å². The van der Waals surface area contributed by atoms with Crippen LogP contribution in [0.3, 0.4) is 0 Å². The van der Waals surface area contributed by atoms with Crippen molar-refractivity contribution in [2.75, 3.05) is 0 Å². The minimum Gasteiger partial charge on any atom is -0.421 e. The van der Waals surface area contributed by atoms with Crippen molar-refractivity contribution in [3.05, 3.63) is 20.8 Å². The maximum Gasteiger partial charge on any atom is 0.340 e. The summed E-state index contributed by atoms with van der Waals surface area (Å²) in [6, 6.07) is 0. The zero-order valence-corrected chi connectivity index (χ0v) is 10.8. The molecule has 0 aliphatic carbocycles. The Balaban J connectivity index is 2.73. The number of carbonyl (C=O) groups excluding carboxylic acids is 1. The molecule has 1 aliphatic heterocycles. The molecule has 1 rings (SSSR count). The van der Waals surface area contributed by atoms with Gasteiger partial charge in [-0.3, -0.25) is 0 Å². The molecule has 1 N–H and O–H groups in total. The molecule has 0 aromatic heterocycles. The van der Waals surface area contributed by atoms with E-state index in [1.54, 1.807) is 0 Å². The Kier molecular flexibility index (Phi) is 4.58. The van der Waals surface area contributed by atoms with Gasteiger partial charge in [0.25, 0.3) is 0 Å². The predicted molar refractivity (Wildman–Crippen MR) is 63.1 cm³/mol. The topological polar surface area (TPSA) is 46.5 Å². The van der Waals surface area contributed by atoms with Gasteiger partial charge in [0.1, 0.15) is 6.10 Å². The first-order valence-electron chi connectivity index (χ1n) is 4.16. The van der Waals surface area contributed by atoms with Crippen LogP contribution in [-0.2, 0) is 9.53 Å². The third kappa shape index (κ3) is 2.94. The third-order valence-corrected chi connectivity index (χ3v) is 3.17. The first-order valence-corrected chi connectivity index (χ1v) is 5.86. The highest BCUT2D eigenvalue weighted by Crippen LogP contribution is 2.34. The monoisotopic (exact) mass is 334 g/mol. The smallest absolute Gasteiger partial charge is 0.340 e. The molecule has 1 unspecified atom stereocenters. The van der Waals surface area contributed by atoms with E-state index in [1.807, 2.05) is 0 Å². The van der Waals surface area contributed by atoms with Gasteiger partial charge in [0.15, 0.2) is 5.76 Å². The summed E-state index contributed by atoms with van der Waals surface area (Å²) < 4.78 is 5.53. The van der Waals surface area contributed by atoms with Crippen LogP contribution in [0.4, 0.5) is 0 Å². The zero-order chi connectivity index (χ0) is 11.4. The van der Waals surface area contributed by atoms with Gasteiger partial charge >= 0.3 is 5.97 Å². The van der Waals surface area contributed by atoms with Crippen molar-refractivity contribution in [3.8, 4) is 12.3 Å². The van der Waals surface area contributed by atoms with Crippen LogP contribution in [0.5, 0.6) is 0 Å². The number of hydrogen-bond donors (Lipinski definition) is 1. The normalized spacial score (nSPS) is 20.4. The number of carbonyl (C=O) groups is 1. The highest BCUT2D eigenvalue weighted by atomic mass is 79.9. The molecule has 1 heterocycles. The van der Waals surface area contributed by atoms with Crippen LogP contribution in [0, 0.1) is 12.3 Å². The minimum absolute atomic E-state index is 0.339. The average molecular weight is 336 g/mol. The van der Waals surface area contributed by atoms with Gasteiger partial charge in [0, 0.05) is 4.99 Å². The summed E-state index contributed by atoms with van der Waals surface area (Å²) >= 11 is 6.33. The second-order valence-corrected chi connectivity index (χ2v) is 4.13. The molecule has 0 amide bonds. The first-order chi connectivity index (χ1) is 7.10. The van der Waals surface area contributed by atoms with Gasteiger partial charge < -0.3 is 9.84 Å². The number of allylic oxidation sites excluding steroid dienone is 1. The van der Waals surface area contributed by atoms with Crippen LogP contribution < -0.4 is 0 Å². The molecule has 0 saturated carbocycles. The van der Waals surface area contributed by atoms with E-state index in [2.05, 4.69) is 37.8 Å². The Morgan fingerprint density at radius 2 is 2.33 bits per heavy atom. The molecule has 1 aliphatic rings. The molecule has 0 bridgehead atoms. The molecule has 0 fully saturated rings. The van der Waals surface area contributed by atoms with Crippen molar-refractivity contribution < 1.29 is 14.6 Å². The van der Waals surface area contributed by atoms with Crippen LogP contribution in [0.25, 0.3) is 0 Å². The first kappa shape index (κ1) is 12.5. The fourth-order valence-electron chi connectivity index (χ4n) is 1.09. The Hall–Kier alpha value is -0.570. The number of ether oxygens (including phenoxy) is 1. The molecule has 5 heteroatoms. The lowest BCUT2D eigenvalue weighted by atomic mass is 10.1. The minimum atomic E-state index is -0.831. The van der Waals surface area contributed by atoms with E-state index in [0.29, 0.717) is 28.7 Å². The summed E-state index contributed by atoms with van der Waals surface area (Å²) in [5.74, 6) is 2.22. The van der Waals surface area contributed by atoms with Crippen molar-refractivity contribution in [1.29, 1.82) is 0 Å². The highest BCUT2D eigenvalue weighted by Gasteiger charge is 2.27. The summed E-state index contributed by atoms with van der Waals surface area (Å²) in [6.07, 6.45) is 4.91. The van der Waals surface area contributed by atoms with Gasteiger partial charge in [-0.05, 0) is 28.8 Å². The fourth-order valence-corrected chi connectivity index (χ4v) is 2.28. The third-order valence-electron chi connectivity index (χ3n) is 1.89.